The monoisotopic (exact) mass is 226 g/mol. The lowest BCUT2D eigenvalue weighted by Gasteiger charge is -2.39. The smallest absolute Gasteiger partial charge is 0.0189 e. The molecule has 1 fully saturated rings. The van der Waals surface area contributed by atoms with Gasteiger partial charge in [-0.2, -0.15) is 0 Å². The van der Waals surface area contributed by atoms with Gasteiger partial charge in [0.1, 0.15) is 0 Å². The number of likely N-dealkylation sites (N-methyl/N-ethyl adjacent to an activating group) is 1. The maximum atomic E-state index is 3.40. The summed E-state index contributed by atoms with van der Waals surface area (Å²) in [6, 6.07) is 0.672. The van der Waals surface area contributed by atoms with Gasteiger partial charge in [0, 0.05) is 12.6 Å². The van der Waals surface area contributed by atoms with E-state index in [9.17, 15) is 0 Å². The molecule has 96 valence electrons. The van der Waals surface area contributed by atoms with Crippen molar-refractivity contribution in [1.29, 1.82) is 0 Å². The van der Waals surface area contributed by atoms with Crippen LogP contribution in [-0.2, 0) is 0 Å². The molecule has 0 aliphatic carbocycles. The van der Waals surface area contributed by atoms with Crippen LogP contribution in [0, 0.1) is 11.3 Å². The van der Waals surface area contributed by atoms with Gasteiger partial charge in [-0.3, -0.25) is 0 Å². The average molecular weight is 226 g/mol. The topological polar surface area (TPSA) is 15.3 Å². The zero-order chi connectivity index (χ0) is 12.2. The van der Waals surface area contributed by atoms with Crippen LogP contribution in [0.3, 0.4) is 0 Å². The molecule has 1 aliphatic rings. The summed E-state index contributed by atoms with van der Waals surface area (Å²) >= 11 is 0. The van der Waals surface area contributed by atoms with E-state index in [1.807, 2.05) is 0 Å². The quantitative estimate of drug-likeness (QED) is 0.793. The minimum absolute atomic E-state index is 0.499. The second-order valence-corrected chi connectivity index (χ2v) is 6.33. The Morgan fingerprint density at radius 1 is 1.25 bits per heavy atom. The zero-order valence-corrected chi connectivity index (χ0v) is 11.8. The van der Waals surface area contributed by atoms with Gasteiger partial charge in [-0.15, -0.1) is 0 Å². The van der Waals surface area contributed by atoms with Crippen LogP contribution in [0.1, 0.15) is 47.0 Å². The van der Waals surface area contributed by atoms with Crippen LogP contribution in [0.2, 0.25) is 0 Å². The van der Waals surface area contributed by atoms with E-state index >= 15 is 0 Å². The van der Waals surface area contributed by atoms with E-state index in [4.69, 9.17) is 0 Å². The van der Waals surface area contributed by atoms with E-state index in [-0.39, 0.29) is 0 Å². The maximum Gasteiger partial charge on any atom is 0.0189 e. The number of nitrogens with zero attached hydrogens (tertiary/aromatic N) is 1. The summed E-state index contributed by atoms with van der Waals surface area (Å²) in [6.07, 6.45) is 3.99. The van der Waals surface area contributed by atoms with Crippen LogP contribution < -0.4 is 5.32 Å². The lowest BCUT2D eigenvalue weighted by Crippen LogP contribution is -2.44. The number of likely N-dealkylation sites (tertiary alicyclic amines) is 1. The molecule has 0 aromatic rings. The van der Waals surface area contributed by atoms with Gasteiger partial charge >= 0.3 is 0 Å². The van der Waals surface area contributed by atoms with Crippen LogP contribution in [0.25, 0.3) is 0 Å². The fraction of sp³-hybridized carbons (Fsp3) is 1.00. The van der Waals surface area contributed by atoms with Crippen molar-refractivity contribution in [3.05, 3.63) is 0 Å². The Bertz CT molecular complexity index is 183. The molecular formula is C14H30N2. The molecule has 0 saturated carbocycles. The molecule has 1 aliphatic heterocycles. The molecular weight excluding hydrogens is 196 g/mol. The molecule has 16 heavy (non-hydrogen) atoms. The first kappa shape index (κ1) is 14.0. The molecule has 2 nitrogen and oxygen atoms in total. The van der Waals surface area contributed by atoms with Gasteiger partial charge in [0.05, 0.1) is 0 Å². The fourth-order valence-corrected chi connectivity index (χ4v) is 2.72. The van der Waals surface area contributed by atoms with Gasteiger partial charge in [0.15, 0.2) is 0 Å². The first-order chi connectivity index (χ1) is 7.47. The minimum atomic E-state index is 0.499. The summed E-state index contributed by atoms with van der Waals surface area (Å²) in [5.74, 6) is 0.915. The Labute approximate surface area is 102 Å². The van der Waals surface area contributed by atoms with Crippen LogP contribution in [0.4, 0.5) is 0 Å². The highest BCUT2D eigenvalue weighted by Crippen LogP contribution is 2.34. The van der Waals surface area contributed by atoms with Crippen molar-refractivity contribution in [2.24, 2.45) is 11.3 Å². The molecule has 0 radical (unpaired) electrons. The molecule has 1 saturated heterocycles. The summed E-state index contributed by atoms with van der Waals surface area (Å²) in [5, 5.41) is 3.40. The first-order valence-electron chi connectivity index (χ1n) is 6.87. The third-order valence-electron chi connectivity index (χ3n) is 4.19. The summed E-state index contributed by atoms with van der Waals surface area (Å²) in [6.45, 7) is 13.2. The van der Waals surface area contributed by atoms with E-state index in [1.54, 1.807) is 0 Å². The Kier molecular flexibility index (Phi) is 5.26. The number of hydrogen-bond donors (Lipinski definition) is 1. The van der Waals surface area contributed by atoms with Crippen LogP contribution in [0.15, 0.2) is 0 Å². The number of hydrogen-bond acceptors (Lipinski definition) is 2. The third-order valence-corrected chi connectivity index (χ3v) is 4.19. The van der Waals surface area contributed by atoms with Crippen molar-refractivity contribution < 1.29 is 0 Å². The van der Waals surface area contributed by atoms with Crippen molar-refractivity contribution in [2.45, 2.75) is 53.0 Å². The number of rotatable bonds is 4. The standard InChI is InChI=1S/C14H30N2/c1-6-13(15-5)11-16-9-7-12(8-10-16)14(2,3)4/h12-13,15H,6-11H2,1-5H3. The largest absolute Gasteiger partial charge is 0.316 e. The second kappa shape index (κ2) is 6.02. The summed E-state index contributed by atoms with van der Waals surface area (Å²) in [7, 11) is 2.08. The molecule has 2 heteroatoms. The van der Waals surface area contributed by atoms with Crippen LogP contribution in [0.5, 0.6) is 0 Å². The fourth-order valence-electron chi connectivity index (χ4n) is 2.72. The predicted octanol–water partition coefficient (Wildman–Crippen LogP) is 2.74. The Balaban J connectivity index is 2.32. The minimum Gasteiger partial charge on any atom is -0.316 e. The first-order valence-corrected chi connectivity index (χ1v) is 6.87. The van der Waals surface area contributed by atoms with Gasteiger partial charge in [-0.1, -0.05) is 27.7 Å². The van der Waals surface area contributed by atoms with E-state index in [0.717, 1.165) is 5.92 Å². The van der Waals surface area contributed by atoms with E-state index in [2.05, 4.69) is 45.0 Å². The normalized spacial score (nSPS) is 22.3. The molecule has 1 N–H and O–H groups in total. The summed E-state index contributed by atoms with van der Waals surface area (Å²) in [5.41, 5.74) is 0.499. The van der Waals surface area contributed by atoms with Gasteiger partial charge < -0.3 is 10.2 Å². The summed E-state index contributed by atoms with van der Waals surface area (Å²) in [4.78, 5) is 2.63. The lowest BCUT2D eigenvalue weighted by molar-refractivity contribution is 0.105. The van der Waals surface area contributed by atoms with E-state index in [1.165, 1.54) is 38.9 Å². The van der Waals surface area contributed by atoms with Gasteiger partial charge in [-0.05, 0) is 50.7 Å². The van der Waals surface area contributed by atoms with Crippen molar-refractivity contribution in [1.82, 2.24) is 10.2 Å². The molecule has 0 spiro atoms. The van der Waals surface area contributed by atoms with Crippen molar-refractivity contribution in [3.8, 4) is 0 Å². The SMILES string of the molecule is CCC(CN1CCC(C(C)(C)C)CC1)NC. The maximum absolute atomic E-state index is 3.40. The summed E-state index contributed by atoms with van der Waals surface area (Å²) < 4.78 is 0. The second-order valence-electron chi connectivity index (χ2n) is 6.33. The van der Waals surface area contributed by atoms with Crippen LogP contribution in [-0.4, -0.2) is 37.6 Å². The van der Waals surface area contributed by atoms with Crippen molar-refractivity contribution in [2.75, 3.05) is 26.7 Å². The van der Waals surface area contributed by atoms with E-state index < -0.39 is 0 Å². The molecule has 1 atom stereocenters. The van der Waals surface area contributed by atoms with E-state index in [0.29, 0.717) is 11.5 Å². The average Bonchev–Trinajstić information content (AvgIpc) is 2.25. The molecule has 1 unspecified atom stereocenters. The van der Waals surface area contributed by atoms with Gasteiger partial charge in [-0.25, -0.2) is 0 Å². The Hall–Kier alpha value is -0.0800. The molecule has 1 rings (SSSR count). The van der Waals surface area contributed by atoms with Gasteiger partial charge in [0.25, 0.3) is 0 Å². The molecule has 0 amide bonds. The van der Waals surface area contributed by atoms with Crippen molar-refractivity contribution >= 4 is 0 Å². The highest BCUT2D eigenvalue weighted by Gasteiger charge is 2.28. The van der Waals surface area contributed by atoms with Gasteiger partial charge in [0.2, 0.25) is 0 Å². The number of nitrogens with one attached hydrogen (secondary N) is 1. The zero-order valence-electron chi connectivity index (χ0n) is 11.8. The molecule has 0 bridgehead atoms. The van der Waals surface area contributed by atoms with Crippen LogP contribution >= 0.6 is 0 Å². The Morgan fingerprint density at radius 3 is 2.19 bits per heavy atom. The molecule has 0 aromatic carbocycles. The lowest BCUT2D eigenvalue weighted by atomic mass is 9.75. The highest BCUT2D eigenvalue weighted by molar-refractivity contribution is 4.82. The van der Waals surface area contributed by atoms with Crippen molar-refractivity contribution in [3.63, 3.8) is 0 Å². The third kappa shape index (κ3) is 4.06. The highest BCUT2D eigenvalue weighted by atomic mass is 15.1. The number of piperidine rings is 1. The predicted molar refractivity (Wildman–Crippen MR) is 71.8 cm³/mol. The molecule has 0 aromatic heterocycles. The molecule has 1 heterocycles. The Morgan fingerprint density at radius 2 is 1.81 bits per heavy atom.